The van der Waals surface area contributed by atoms with Crippen LogP contribution in [0.5, 0.6) is 11.5 Å². The van der Waals surface area contributed by atoms with Crippen molar-refractivity contribution < 1.29 is 19.4 Å². The first-order chi connectivity index (χ1) is 14.0. The largest absolute Gasteiger partial charge is 0.493 e. The molecule has 0 amide bonds. The molecule has 2 N–H and O–H groups in total. The maximum absolute atomic E-state index is 12.7. The van der Waals surface area contributed by atoms with Crippen molar-refractivity contribution in [2.24, 2.45) is 5.92 Å². The Hall–Kier alpha value is -3.07. The summed E-state index contributed by atoms with van der Waals surface area (Å²) >= 11 is 1.33. The van der Waals surface area contributed by atoms with Crippen molar-refractivity contribution in [3.05, 3.63) is 33.9 Å². The molecular formula is C20H21N3O5S. The number of anilines is 1. The molecule has 1 aromatic carbocycles. The Labute approximate surface area is 170 Å². The number of hydrogen-bond acceptors (Lipinski definition) is 7. The number of fused-ring (bicyclic) bond motifs is 1. The SMILES string of the molecule is COc1ccc(-c2csc3c(=O)[nH]c(N4CCC[C@@H](C(=O)O)C4)nc23)cc1OC. The number of piperidine rings is 1. The fourth-order valence-corrected chi connectivity index (χ4v) is 4.55. The lowest BCUT2D eigenvalue weighted by molar-refractivity contribution is -0.141. The van der Waals surface area contributed by atoms with E-state index in [9.17, 15) is 14.7 Å². The first-order valence-corrected chi connectivity index (χ1v) is 10.1. The van der Waals surface area contributed by atoms with Gasteiger partial charge >= 0.3 is 5.97 Å². The number of nitrogens with one attached hydrogen (secondary N) is 1. The first-order valence-electron chi connectivity index (χ1n) is 9.23. The van der Waals surface area contributed by atoms with Crippen LogP contribution in [0, 0.1) is 5.92 Å². The van der Waals surface area contributed by atoms with Crippen LogP contribution in [-0.4, -0.2) is 48.4 Å². The molecule has 3 aromatic rings. The van der Waals surface area contributed by atoms with E-state index < -0.39 is 11.9 Å². The summed E-state index contributed by atoms with van der Waals surface area (Å²) in [5, 5.41) is 11.2. The Balaban J connectivity index is 1.78. The molecule has 1 aliphatic heterocycles. The quantitative estimate of drug-likeness (QED) is 0.660. The molecule has 0 spiro atoms. The molecule has 3 heterocycles. The average Bonchev–Trinajstić information content (AvgIpc) is 3.18. The number of ether oxygens (including phenoxy) is 2. The molecule has 0 aliphatic carbocycles. The number of H-pyrrole nitrogens is 1. The molecule has 0 unspecified atom stereocenters. The summed E-state index contributed by atoms with van der Waals surface area (Å²) in [6.45, 7) is 0.994. The fraction of sp³-hybridized carbons (Fsp3) is 0.350. The van der Waals surface area contributed by atoms with Crippen LogP contribution < -0.4 is 19.9 Å². The van der Waals surface area contributed by atoms with Gasteiger partial charge in [-0.2, -0.15) is 0 Å². The Morgan fingerprint density at radius 2 is 2.10 bits per heavy atom. The van der Waals surface area contributed by atoms with E-state index in [-0.39, 0.29) is 5.56 Å². The highest BCUT2D eigenvalue weighted by Crippen LogP contribution is 2.37. The number of rotatable bonds is 5. The second kappa shape index (κ2) is 7.75. The molecule has 2 aromatic heterocycles. The summed E-state index contributed by atoms with van der Waals surface area (Å²) in [6.07, 6.45) is 1.37. The second-order valence-electron chi connectivity index (χ2n) is 6.91. The minimum Gasteiger partial charge on any atom is -0.493 e. The monoisotopic (exact) mass is 415 g/mol. The van der Waals surface area contributed by atoms with E-state index in [0.29, 0.717) is 47.2 Å². The van der Waals surface area contributed by atoms with Crippen LogP contribution in [0.1, 0.15) is 12.8 Å². The van der Waals surface area contributed by atoms with Crippen molar-refractivity contribution in [1.29, 1.82) is 0 Å². The van der Waals surface area contributed by atoms with Crippen LogP contribution in [0.4, 0.5) is 5.95 Å². The topological polar surface area (TPSA) is 105 Å². The van der Waals surface area contributed by atoms with E-state index in [2.05, 4.69) is 4.98 Å². The van der Waals surface area contributed by atoms with E-state index in [4.69, 9.17) is 14.5 Å². The van der Waals surface area contributed by atoms with Crippen LogP contribution in [0.15, 0.2) is 28.4 Å². The van der Waals surface area contributed by atoms with Crippen LogP contribution in [-0.2, 0) is 4.79 Å². The summed E-state index contributed by atoms with van der Waals surface area (Å²) < 4.78 is 11.2. The molecule has 1 saturated heterocycles. The smallest absolute Gasteiger partial charge is 0.308 e. The van der Waals surface area contributed by atoms with Crippen LogP contribution in [0.2, 0.25) is 0 Å². The van der Waals surface area contributed by atoms with E-state index in [1.807, 2.05) is 28.5 Å². The van der Waals surface area contributed by atoms with Crippen molar-refractivity contribution in [2.45, 2.75) is 12.8 Å². The van der Waals surface area contributed by atoms with Gasteiger partial charge in [0.25, 0.3) is 5.56 Å². The number of carboxylic acid groups (broad SMARTS) is 1. The number of hydrogen-bond donors (Lipinski definition) is 2. The van der Waals surface area contributed by atoms with Gasteiger partial charge in [-0.3, -0.25) is 14.6 Å². The van der Waals surface area contributed by atoms with Crippen molar-refractivity contribution in [3.63, 3.8) is 0 Å². The van der Waals surface area contributed by atoms with Gasteiger partial charge in [-0.25, -0.2) is 4.98 Å². The van der Waals surface area contributed by atoms with Gasteiger partial charge in [0.05, 0.1) is 25.7 Å². The molecule has 29 heavy (non-hydrogen) atoms. The summed E-state index contributed by atoms with van der Waals surface area (Å²) in [6, 6.07) is 5.56. The molecule has 1 atom stereocenters. The van der Waals surface area contributed by atoms with E-state index in [1.54, 1.807) is 14.2 Å². The Bertz CT molecular complexity index is 1120. The fourth-order valence-electron chi connectivity index (χ4n) is 3.65. The summed E-state index contributed by atoms with van der Waals surface area (Å²) in [5.74, 6) is 0.343. The number of aliphatic carboxylic acids is 1. The lowest BCUT2D eigenvalue weighted by Crippen LogP contribution is -2.40. The number of carboxylic acids is 1. The maximum Gasteiger partial charge on any atom is 0.308 e. The number of thiophene rings is 1. The molecule has 0 bridgehead atoms. The standard InChI is InChI=1S/C20H21N3O5S/c1-27-14-6-5-11(8-15(14)28-2)13-10-29-17-16(13)21-20(22-18(17)24)23-7-3-4-12(9-23)19(25)26/h5-6,8,10,12H,3-4,7,9H2,1-2H3,(H,25,26)(H,21,22,24)/t12-/m1/s1. The van der Waals surface area contributed by atoms with Gasteiger partial charge in [-0.05, 0) is 30.5 Å². The third kappa shape index (κ3) is 3.53. The average molecular weight is 415 g/mol. The van der Waals surface area contributed by atoms with Crippen molar-refractivity contribution in [3.8, 4) is 22.6 Å². The second-order valence-corrected chi connectivity index (χ2v) is 7.79. The summed E-state index contributed by atoms with van der Waals surface area (Å²) in [4.78, 5) is 33.4. The van der Waals surface area contributed by atoms with Crippen molar-refractivity contribution in [1.82, 2.24) is 9.97 Å². The minimum absolute atomic E-state index is 0.223. The van der Waals surface area contributed by atoms with E-state index in [0.717, 1.165) is 17.5 Å². The van der Waals surface area contributed by atoms with Gasteiger partial charge in [0.1, 0.15) is 4.70 Å². The summed E-state index contributed by atoms with van der Waals surface area (Å²) in [7, 11) is 3.15. The van der Waals surface area contributed by atoms with Crippen molar-refractivity contribution >= 4 is 33.5 Å². The maximum atomic E-state index is 12.7. The zero-order valence-corrected chi connectivity index (χ0v) is 16.9. The summed E-state index contributed by atoms with van der Waals surface area (Å²) in [5.41, 5.74) is 2.06. The molecule has 9 heteroatoms. The Morgan fingerprint density at radius 1 is 1.31 bits per heavy atom. The van der Waals surface area contributed by atoms with Gasteiger partial charge in [0.2, 0.25) is 5.95 Å². The zero-order valence-electron chi connectivity index (χ0n) is 16.1. The number of aromatic nitrogens is 2. The number of benzene rings is 1. The molecule has 4 rings (SSSR count). The van der Waals surface area contributed by atoms with Crippen LogP contribution >= 0.6 is 11.3 Å². The number of aromatic amines is 1. The highest BCUT2D eigenvalue weighted by molar-refractivity contribution is 7.17. The van der Waals surface area contributed by atoms with E-state index >= 15 is 0 Å². The number of nitrogens with zero attached hydrogens (tertiary/aromatic N) is 2. The molecule has 1 aliphatic rings. The lowest BCUT2D eigenvalue weighted by atomic mass is 9.99. The minimum atomic E-state index is -0.820. The Morgan fingerprint density at radius 3 is 2.83 bits per heavy atom. The van der Waals surface area contributed by atoms with Crippen molar-refractivity contribution in [2.75, 3.05) is 32.2 Å². The molecule has 1 fully saturated rings. The van der Waals surface area contributed by atoms with Gasteiger partial charge < -0.3 is 19.5 Å². The Kier molecular flexibility index (Phi) is 5.14. The van der Waals surface area contributed by atoms with Gasteiger partial charge in [0.15, 0.2) is 11.5 Å². The molecule has 152 valence electrons. The molecule has 0 radical (unpaired) electrons. The number of carbonyl (C=O) groups is 1. The lowest BCUT2D eigenvalue weighted by Gasteiger charge is -2.31. The van der Waals surface area contributed by atoms with Crippen LogP contribution in [0.25, 0.3) is 21.3 Å². The molecule has 8 nitrogen and oxygen atoms in total. The number of methoxy groups -OCH3 is 2. The molecule has 0 saturated carbocycles. The van der Waals surface area contributed by atoms with Crippen LogP contribution in [0.3, 0.4) is 0 Å². The van der Waals surface area contributed by atoms with Gasteiger partial charge in [-0.15, -0.1) is 11.3 Å². The predicted molar refractivity (Wildman–Crippen MR) is 111 cm³/mol. The third-order valence-corrected chi connectivity index (χ3v) is 6.15. The normalized spacial score (nSPS) is 16.8. The van der Waals surface area contributed by atoms with E-state index in [1.165, 1.54) is 11.3 Å². The first kappa shape index (κ1) is 19.3. The van der Waals surface area contributed by atoms with Gasteiger partial charge in [-0.1, -0.05) is 6.07 Å². The molecular weight excluding hydrogens is 394 g/mol. The zero-order chi connectivity index (χ0) is 20.5. The predicted octanol–water partition coefficient (Wildman–Crippen LogP) is 2.97. The van der Waals surface area contributed by atoms with Gasteiger partial charge in [0, 0.05) is 24.0 Å². The highest BCUT2D eigenvalue weighted by Gasteiger charge is 2.27. The third-order valence-electron chi connectivity index (χ3n) is 5.18. The highest BCUT2D eigenvalue weighted by atomic mass is 32.1.